The SMILES string of the molecule is C#Cc1c(F)ccc2cc(O)cc(-c3ncc4c(N5CC6CCC(C5)N6)nc(OC5CCN(CC(=O)N6CCC(c7ccc8c(C9CCC(=O)NC9=O)nn(C)c8c7)CC6)CC5)nc4c3F)c12. The van der Waals surface area contributed by atoms with Gasteiger partial charge in [0.1, 0.15) is 34.7 Å². The summed E-state index contributed by atoms with van der Waals surface area (Å²) >= 11 is 0. The molecule has 5 aliphatic heterocycles. The van der Waals surface area contributed by atoms with Crippen molar-refractivity contribution in [3.05, 3.63) is 77.1 Å². The summed E-state index contributed by atoms with van der Waals surface area (Å²) in [6.45, 7) is 4.21. The van der Waals surface area contributed by atoms with Crippen molar-refractivity contribution in [3.8, 4) is 35.4 Å². The van der Waals surface area contributed by atoms with E-state index in [9.17, 15) is 19.5 Å². The highest BCUT2D eigenvalue weighted by Gasteiger charge is 2.36. The van der Waals surface area contributed by atoms with Gasteiger partial charge in [-0.2, -0.15) is 15.1 Å². The number of phenolic OH excluding ortho intramolecular Hbond substituents is 1. The number of imide groups is 1. The maximum Gasteiger partial charge on any atom is 0.319 e. The first kappa shape index (κ1) is 42.8. The molecular formula is C50H50F2N10O5. The molecule has 15 nitrogen and oxygen atoms in total. The molecule has 344 valence electrons. The molecule has 0 radical (unpaired) electrons. The number of carbonyl (C=O) groups is 3. The van der Waals surface area contributed by atoms with Crippen LogP contribution in [0.15, 0.2) is 48.7 Å². The Morgan fingerprint density at radius 3 is 2.46 bits per heavy atom. The van der Waals surface area contributed by atoms with E-state index in [1.54, 1.807) is 0 Å². The van der Waals surface area contributed by atoms with Crippen LogP contribution in [0.5, 0.6) is 11.8 Å². The minimum atomic E-state index is -0.768. The van der Waals surface area contributed by atoms with E-state index in [1.807, 2.05) is 22.7 Å². The van der Waals surface area contributed by atoms with E-state index in [0.717, 1.165) is 36.6 Å². The molecule has 8 heterocycles. The Kier molecular flexibility index (Phi) is 11.0. The average Bonchev–Trinajstić information content (AvgIpc) is 3.85. The highest BCUT2D eigenvalue weighted by Crippen LogP contribution is 2.40. The predicted molar refractivity (Wildman–Crippen MR) is 246 cm³/mol. The van der Waals surface area contributed by atoms with Crippen LogP contribution >= 0.6 is 0 Å². The number of benzene rings is 3. The van der Waals surface area contributed by atoms with E-state index >= 15 is 8.78 Å². The monoisotopic (exact) mass is 908 g/mol. The number of carbonyl (C=O) groups excluding carboxylic acids is 3. The molecule has 17 heteroatoms. The van der Waals surface area contributed by atoms with Gasteiger partial charge < -0.3 is 25.0 Å². The van der Waals surface area contributed by atoms with Gasteiger partial charge in [-0.1, -0.05) is 24.1 Å². The lowest BCUT2D eigenvalue weighted by Gasteiger charge is -2.36. The van der Waals surface area contributed by atoms with E-state index in [0.29, 0.717) is 93.8 Å². The highest BCUT2D eigenvalue weighted by atomic mass is 19.1. The molecule has 6 aromatic rings. The standard InChI is InChI=1S/C50H50F2N10O5/c1-3-34-39(51)10-5-29-20-32(63)22-37(43(29)34)46-44(52)47-38(23-53-46)48(62-24-30-6-7-31(25-62)54-30)57-50(56-47)67-33-14-16-60(17-15-33)26-42(65)61-18-12-27(13-19-61)28-4-8-35-40(21-28)59(2)58-45(35)36-9-11-41(64)55-49(36)66/h1,4-5,8,10,20-23,27,30-31,33,36,54,63H,6-7,9,11-19,24-26H2,2H3,(H,55,64,66). The molecule has 0 spiro atoms. The van der Waals surface area contributed by atoms with Gasteiger partial charge in [-0.15, -0.1) is 6.42 Å². The Labute approximate surface area is 384 Å². The molecule has 5 saturated heterocycles. The number of piperazine rings is 1. The number of halogens is 2. The number of fused-ring (bicyclic) bond motifs is 5. The number of hydrogen-bond acceptors (Lipinski definition) is 12. The van der Waals surface area contributed by atoms with Gasteiger partial charge >= 0.3 is 6.01 Å². The number of phenols is 1. The van der Waals surface area contributed by atoms with Crippen molar-refractivity contribution in [3.63, 3.8) is 0 Å². The van der Waals surface area contributed by atoms with Crippen molar-refractivity contribution in [1.29, 1.82) is 0 Å². The van der Waals surface area contributed by atoms with Gasteiger partial charge in [0, 0.05) is 87.4 Å². The first-order chi connectivity index (χ1) is 32.5. The molecule has 5 aliphatic rings. The van der Waals surface area contributed by atoms with E-state index in [2.05, 4.69) is 48.5 Å². The number of ether oxygens (including phenoxy) is 1. The quantitative estimate of drug-likeness (QED) is 0.131. The molecule has 3 N–H and O–H groups in total. The maximum atomic E-state index is 17.1. The largest absolute Gasteiger partial charge is 0.508 e. The number of likely N-dealkylation sites (tertiary alicyclic amines) is 2. The predicted octanol–water partition coefficient (Wildman–Crippen LogP) is 5.41. The van der Waals surface area contributed by atoms with Gasteiger partial charge in [0.25, 0.3) is 0 Å². The zero-order valence-electron chi connectivity index (χ0n) is 37.1. The van der Waals surface area contributed by atoms with Crippen LogP contribution in [-0.2, 0) is 21.4 Å². The molecular weight excluding hydrogens is 859 g/mol. The summed E-state index contributed by atoms with van der Waals surface area (Å²) in [4.78, 5) is 58.4. The summed E-state index contributed by atoms with van der Waals surface area (Å²) in [7, 11) is 1.88. The number of nitrogens with zero attached hydrogens (tertiary/aromatic N) is 8. The van der Waals surface area contributed by atoms with Crippen LogP contribution in [0, 0.1) is 24.0 Å². The van der Waals surface area contributed by atoms with E-state index in [4.69, 9.17) is 21.2 Å². The number of hydrogen-bond donors (Lipinski definition) is 3. The van der Waals surface area contributed by atoms with E-state index in [-0.39, 0.29) is 81.3 Å². The van der Waals surface area contributed by atoms with Crippen LogP contribution in [0.3, 0.4) is 0 Å². The van der Waals surface area contributed by atoms with Crippen LogP contribution in [0.2, 0.25) is 0 Å². The van der Waals surface area contributed by atoms with Crippen molar-refractivity contribution in [2.45, 2.75) is 81.4 Å². The van der Waals surface area contributed by atoms with Gasteiger partial charge in [0.2, 0.25) is 17.7 Å². The van der Waals surface area contributed by atoms with Crippen LogP contribution in [0.4, 0.5) is 14.6 Å². The second kappa shape index (κ2) is 17.1. The second-order valence-electron chi connectivity index (χ2n) is 18.8. The van der Waals surface area contributed by atoms with Gasteiger partial charge in [0.05, 0.1) is 34.6 Å². The Morgan fingerprint density at radius 1 is 0.940 bits per heavy atom. The zero-order valence-corrected chi connectivity index (χ0v) is 37.1. The molecule has 3 aromatic heterocycles. The summed E-state index contributed by atoms with van der Waals surface area (Å²) in [5, 5.41) is 23.5. The number of pyridine rings is 1. The Balaban J connectivity index is 0.765. The molecule has 11 rings (SSSR count). The number of aryl methyl sites for hydroxylation is 1. The lowest BCUT2D eigenvalue weighted by atomic mass is 9.87. The first-order valence-electron chi connectivity index (χ1n) is 23.2. The number of anilines is 1. The molecule has 3 atom stereocenters. The van der Waals surface area contributed by atoms with Gasteiger partial charge in [0.15, 0.2) is 5.82 Å². The van der Waals surface area contributed by atoms with E-state index in [1.165, 1.54) is 36.0 Å². The summed E-state index contributed by atoms with van der Waals surface area (Å²) in [5.41, 5.74) is 2.76. The topological polar surface area (TPSA) is 171 Å². The molecule has 3 aromatic carbocycles. The fourth-order valence-corrected chi connectivity index (χ4v) is 11.1. The third-order valence-corrected chi connectivity index (χ3v) is 14.6. The highest BCUT2D eigenvalue weighted by molar-refractivity contribution is 6.04. The molecule has 2 bridgehead atoms. The minimum Gasteiger partial charge on any atom is -0.508 e. The van der Waals surface area contributed by atoms with Gasteiger partial charge in [-0.05, 0) is 86.1 Å². The smallest absolute Gasteiger partial charge is 0.319 e. The average molecular weight is 909 g/mol. The van der Waals surface area contributed by atoms with Crippen LogP contribution < -0.4 is 20.3 Å². The second-order valence-corrected chi connectivity index (χ2v) is 18.8. The Morgan fingerprint density at radius 2 is 1.72 bits per heavy atom. The number of terminal acetylenes is 1. The van der Waals surface area contributed by atoms with Crippen LogP contribution in [0.1, 0.15) is 80.0 Å². The number of rotatable bonds is 8. The number of piperidine rings is 3. The Bertz CT molecular complexity index is 3030. The number of aromatic nitrogens is 5. The molecule has 0 aliphatic carbocycles. The van der Waals surface area contributed by atoms with Crippen molar-refractivity contribution < 1.29 is 33.0 Å². The van der Waals surface area contributed by atoms with Crippen molar-refractivity contribution in [2.75, 3.05) is 50.7 Å². The van der Waals surface area contributed by atoms with Crippen molar-refractivity contribution in [2.24, 2.45) is 7.05 Å². The summed E-state index contributed by atoms with van der Waals surface area (Å²) in [6.07, 6.45) is 12.7. The van der Waals surface area contributed by atoms with Crippen LogP contribution in [-0.4, -0.2) is 121 Å². The third kappa shape index (κ3) is 7.95. The fraction of sp³-hybridized carbons (Fsp3) is 0.420. The summed E-state index contributed by atoms with van der Waals surface area (Å²) in [6, 6.07) is 12.4. The van der Waals surface area contributed by atoms with Crippen molar-refractivity contribution in [1.82, 2.24) is 45.2 Å². The number of aromatic hydroxyl groups is 1. The molecule has 3 unspecified atom stereocenters. The number of amides is 3. The Hall–Kier alpha value is -6.77. The van der Waals surface area contributed by atoms with Crippen molar-refractivity contribution >= 4 is 56.1 Å². The lowest BCUT2D eigenvalue weighted by molar-refractivity contribution is -0.135. The molecule has 5 fully saturated rings. The first-order valence-corrected chi connectivity index (χ1v) is 23.2. The fourth-order valence-electron chi connectivity index (χ4n) is 11.1. The number of nitrogens with one attached hydrogen (secondary N) is 2. The third-order valence-electron chi connectivity index (χ3n) is 14.6. The molecule has 3 amide bonds. The molecule has 67 heavy (non-hydrogen) atoms. The normalized spacial score (nSPS) is 21.9. The molecule has 0 saturated carbocycles. The summed E-state index contributed by atoms with van der Waals surface area (Å²) < 4.78 is 40.4. The van der Waals surface area contributed by atoms with E-state index < -0.39 is 17.6 Å². The van der Waals surface area contributed by atoms with Crippen LogP contribution in [0.25, 0.3) is 43.8 Å². The van der Waals surface area contributed by atoms with Gasteiger partial charge in [-0.3, -0.25) is 34.3 Å². The minimum absolute atomic E-state index is 0.00530. The summed E-state index contributed by atoms with van der Waals surface area (Å²) in [5.74, 6) is 0.725. The van der Waals surface area contributed by atoms with Gasteiger partial charge in [-0.25, -0.2) is 8.78 Å². The lowest BCUT2D eigenvalue weighted by Crippen LogP contribution is -2.51. The maximum absolute atomic E-state index is 17.1. The zero-order chi connectivity index (χ0) is 46.1.